The monoisotopic (exact) mass is 394 g/mol. The molecule has 2 aromatic rings. The van der Waals surface area contributed by atoms with Gasteiger partial charge in [-0.2, -0.15) is 0 Å². The summed E-state index contributed by atoms with van der Waals surface area (Å²) in [5, 5.41) is 3.16. The third-order valence-electron chi connectivity index (χ3n) is 5.72. The van der Waals surface area contributed by atoms with Gasteiger partial charge in [-0.05, 0) is 42.3 Å². The standard InChI is InChI=1S/C22H26N4O3/c1-29-20-5-3-2-4-17(20)18-14-19(18)24-22(28)26-12-10-25(11-13-26)16-8-6-15(7-9-16)21(23)27/h2-9,18-19H,10-14H2,1H3,(H2,23,27)(H,24,28)/t18-,19+/m0/s1. The molecule has 2 aliphatic rings. The highest BCUT2D eigenvalue weighted by Gasteiger charge is 2.41. The number of piperazine rings is 1. The number of ether oxygens (including phenoxy) is 1. The van der Waals surface area contributed by atoms with Gasteiger partial charge in [-0.15, -0.1) is 0 Å². The molecule has 4 rings (SSSR count). The van der Waals surface area contributed by atoms with Crippen molar-refractivity contribution in [3.63, 3.8) is 0 Å². The number of para-hydroxylation sites is 1. The molecule has 1 saturated heterocycles. The van der Waals surface area contributed by atoms with Gasteiger partial charge in [-0.1, -0.05) is 18.2 Å². The number of primary amides is 1. The van der Waals surface area contributed by atoms with E-state index in [1.165, 1.54) is 0 Å². The fourth-order valence-corrected chi connectivity index (χ4v) is 3.93. The molecule has 0 unspecified atom stereocenters. The Morgan fingerprint density at radius 1 is 1.03 bits per heavy atom. The van der Waals surface area contributed by atoms with E-state index >= 15 is 0 Å². The number of amides is 3. The molecule has 1 heterocycles. The van der Waals surface area contributed by atoms with Gasteiger partial charge in [-0.3, -0.25) is 4.79 Å². The van der Waals surface area contributed by atoms with E-state index in [1.54, 1.807) is 19.2 Å². The van der Waals surface area contributed by atoms with Crippen LogP contribution in [0.1, 0.15) is 28.3 Å². The van der Waals surface area contributed by atoms with Crippen LogP contribution in [0.15, 0.2) is 48.5 Å². The Morgan fingerprint density at radius 2 is 1.72 bits per heavy atom. The van der Waals surface area contributed by atoms with Crippen molar-refractivity contribution < 1.29 is 14.3 Å². The number of nitrogens with two attached hydrogens (primary N) is 1. The molecule has 3 N–H and O–H groups in total. The van der Waals surface area contributed by atoms with Gasteiger partial charge in [0, 0.05) is 49.4 Å². The summed E-state index contributed by atoms with van der Waals surface area (Å²) in [5.74, 6) is 0.773. The predicted octanol–water partition coefficient (Wildman–Crippen LogP) is 2.18. The Bertz CT molecular complexity index is 891. The van der Waals surface area contributed by atoms with E-state index in [9.17, 15) is 9.59 Å². The van der Waals surface area contributed by atoms with Crippen molar-refractivity contribution in [3.8, 4) is 5.75 Å². The number of urea groups is 1. The predicted molar refractivity (Wildman–Crippen MR) is 111 cm³/mol. The van der Waals surface area contributed by atoms with Gasteiger partial charge in [0.05, 0.1) is 7.11 Å². The van der Waals surface area contributed by atoms with Crippen LogP contribution in [0.25, 0.3) is 0 Å². The third-order valence-corrected chi connectivity index (χ3v) is 5.72. The minimum Gasteiger partial charge on any atom is -0.496 e. The average Bonchev–Trinajstić information content (AvgIpc) is 3.52. The Morgan fingerprint density at radius 3 is 2.38 bits per heavy atom. The third kappa shape index (κ3) is 4.13. The van der Waals surface area contributed by atoms with Crippen LogP contribution >= 0.6 is 0 Å². The molecule has 0 radical (unpaired) electrons. The molecule has 29 heavy (non-hydrogen) atoms. The second-order valence-corrected chi connectivity index (χ2v) is 7.53. The molecule has 3 amide bonds. The molecule has 1 aliphatic carbocycles. The summed E-state index contributed by atoms with van der Waals surface area (Å²) in [6.45, 7) is 2.83. The Hall–Kier alpha value is -3.22. The van der Waals surface area contributed by atoms with Crippen molar-refractivity contribution in [1.82, 2.24) is 10.2 Å². The van der Waals surface area contributed by atoms with E-state index in [0.717, 1.165) is 36.5 Å². The fourth-order valence-electron chi connectivity index (χ4n) is 3.93. The number of methoxy groups -OCH3 is 1. The molecule has 2 aromatic carbocycles. The van der Waals surface area contributed by atoms with Crippen molar-refractivity contribution in [2.75, 3.05) is 38.2 Å². The highest BCUT2D eigenvalue weighted by atomic mass is 16.5. The highest BCUT2D eigenvalue weighted by Crippen LogP contribution is 2.44. The zero-order chi connectivity index (χ0) is 20.4. The molecule has 1 saturated carbocycles. The molecule has 0 spiro atoms. The Kier molecular flexibility index (Phi) is 5.29. The average molecular weight is 394 g/mol. The van der Waals surface area contributed by atoms with Gasteiger partial charge in [0.25, 0.3) is 0 Å². The lowest BCUT2D eigenvalue weighted by Crippen LogP contribution is -2.52. The summed E-state index contributed by atoms with van der Waals surface area (Å²) in [6.07, 6.45) is 0.943. The van der Waals surface area contributed by atoms with Crippen LogP contribution in [0, 0.1) is 0 Å². The van der Waals surface area contributed by atoms with Crippen LogP contribution in [0.2, 0.25) is 0 Å². The molecule has 2 fully saturated rings. The van der Waals surface area contributed by atoms with Crippen LogP contribution in [-0.4, -0.2) is 56.2 Å². The highest BCUT2D eigenvalue weighted by molar-refractivity contribution is 5.93. The first kappa shape index (κ1) is 19.1. The van der Waals surface area contributed by atoms with E-state index in [0.29, 0.717) is 24.6 Å². The summed E-state index contributed by atoms with van der Waals surface area (Å²) in [4.78, 5) is 27.9. The van der Waals surface area contributed by atoms with E-state index in [1.807, 2.05) is 35.2 Å². The molecule has 0 aromatic heterocycles. The summed E-state index contributed by atoms with van der Waals surface area (Å²) in [6, 6.07) is 15.4. The maximum Gasteiger partial charge on any atom is 0.317 e. The molecule has 1 aliphatic heterocycles. The van der Waals surface area contributed by atoms with Crippen LogP contribution in [0.4, 0.5) is 10.5 Å². The number of nitrogens with one attached hydrogen (secondary N) is 1. The summed E-state index contributed by atoms with van der Waals surface area (Å²) in [7, 11) is 1.68. The minimum absolute atomic E-state index is 0.00359. The van der Waals surface area contributed by atoms with Gasteiger partial charge in [0.15, 0.2) is 0 Å². The van der Waals surface area contributed by atoms with Crippen LogP contribution in [0.5, 0.6) is 5.75 Å². The van der Waals surface area contributed by atoms with Gasteiger partial charge in [0.2, 0.25) is 5.91 Å². The number of hydrogen-bond donors (Lipinski definition) is 2. The SMILES string of the molecule is COc1ccccc1[C@@H]1C[C@H]1NC(=O)N1CCN(c2ccc(C(N)=O)cc2)CC1. The van der Waals surface area contributed by atoms with Gasteiger partial charge >= 0.3 is 6.03 Å². The first-order valence-corrected chi connectivity index (χ1v) is 9.90. The van der Waals surface area contributed by atoms with Gasteiger partial charge < -0.3 is 25.6 Å². The number of anilines is 1. The topological polar surface area (TPSA) is 87.9 Å². The number of rotatable bonds is 5. The molecule has 2 atom stereocenters. The number of carbonyl (C=O) groups excluding carboxylic acids is 2. The zero-order valence-electron chi connectivity index (χ0n) is 16.5. The maximum absolute atomic E-state index is 12.7. The lowest BCUT2D eigenvalue weighted by molar-refractivity contribution is 0.1000. The Labute approximate surface area is 170 Å². The van der Waals surface area contributed by atoms with E-state index in [2.05, 4.69) is 16.3 Å². The number of benzene rings is 2. The van der Waals surface area contributed by atoms with Crippen molar-refractivity contribution in [2.24, 2.45) is 5.73 Å². The molecule has 152 valence electrons. The maximum atomic E-state index is 12.7. The molecule has 0 bridgehead atoms. The van der Waals surface area contributed by atoms with E-state index < -0.39 is 5.91 Å². The lowest BCUT2D eigenvalue weighted by atomic mass is 10.1. The first-order chi connectivity index (χ1) is 14.1. The zero-order valence-corrected chi connectivity index (χ0v) is 16.5. The molecular formula is C22H26N4O3. The smallest absolute Gasteiger partial charge is 0.317 e. The fraction of sp³-hybridized carbons (Fsp3) is 0.364. The number of hydrogen-bond acceptors (Lipinski definition) is 4. The van der Waals surface area contributed by atoms with Crippen LogP contribution < -0.4 is 20.7 Å². The number of carbonyl (C=O) groups is 2. The summed E-state index contributed by atoms with van der Waals surface area (Å²) in [5.41, 5.74) is 7.98. The van der Waals surface area contributed by atoms with Crippen LogP contribution in [0.3, 0.4) is 0 Å². The molecule has 7 nitrogen and oxygen atoms in total. The van der Waals surface area contributed by atoms with Crippen molar-refractivity contribution >= 4 is 17.6 Å². The van der Waals surface area contributed by atoms with E-state index in [4.69, 9.17) is 10.5 Å². The first-order valence-electron chi connectivity index (χ1n) is 9.90. The second-order valence-electron chi connectivity index (χ2n) is 7.53. The van der Waals surface area contributed by atoms with Crippen molar-refractivity contribution in [2.45, 2.75) is 18.4 Å². The van der Waals surface area contributed by atoms with Crippen molar-refractivity contribution in [3.05, 3.63) is 59.7 Å². The lowest BCUT2D eigenvalue weighted by Gasteiger charge is -2.36. The summed E-state index contributed by atoms with van der Waals surface area (Å²) < 4.78 is 5.44. The molecular weight excluding hydrogens is 368 g/mol. The second kappa shape index (κ2) is 8.03. The Balaban J connectivity index is 1.28. The normalized spacial score (nSPS) is 20.9. The summed E-state index contributed by atoms with van der Waals surface area (Å²) >= 11 is 0. The van der Waals surface area contributed by atoms with Crippen molar-refractivity contribution in [1.29, 1.82) is 0 Å². The largest absolute Gasteiger partial charge is 0.496 e. The number of nitrogens with zero attached hydrogens (tertiary/aromatic N) is 2. The van der Waals surface area contributed by atoms with Crippen LogP contribution in [-0.2, 0) is 0 Å². The van der Waals surface area contributed by atoms with Gasteiger partial charge in [-0.25, -0.2) is 4.79 Å². The van der Waals surface area contributed by atoms with E-state index in [-0.39, 0.29) is 12.1 Å². The van der Waals surface area contributed by atoms with Gasteiger partial charge in [0.1, 0.15) is 5.75 Å². The quantitative estimate of drug-likeness (QED) is 0.814. The minimum atomic E-state index is -0.426. The molecule has 7 heteroatoms.